The van der Waals surface area contributed by atoms with Crippen molar-refractivity contribution >= 4 is 27.3 Å². The van der Waals surface area contributed by atoms with Gasteiger partial charge in [0.05, 0.1) is 28.0 Å². The second-order valence-electron chi connectivity index (χ2n) is 28.9. The number of benzene rings is 16. The van der Waals surface area contributed by atoms with E-state index in [1.165, 1.54) is 16.4 Å². The van der Waals surface area contributed by atoms with Crippen LogP contribution in [0.15, 0.2) is 436 Å². The van der Waals surface area contributed by atoms with E-state index in [1.54, 1.807) is 18.2 Å². The first-order valence-electron chi connectivity index (χ1n) is 39.4. The minimum absolute atomic E-state index is 0.0420. The summed E-state index contributed by atoms with van der Waals surface area (Å²) in [5, 5.41) is 3.12. The second kappa shape index (κ2) is 36.8. The van der Waals surface area contributed by atoms with Crippen LogP contribution >= 0.6 is 0 Å². The van der Waals surface area contributed by atoms with E-state index in [4.69, 9.17) is 28.4 Å². The molecule has 16 aromatic carbocycles. The van der Waals surface area contributed by atoms with Gasteiger partial charge in [0.1, 0.15) is 74.1 Å². The maximum Gasteiger partial charge on any atom is 0.264 e. The average molecular weight is 1560 g/mol. The van der Waals surface area contributed by atoms with E-state index in [2.05, 4.69) is 115 Å². The number of nitrogens with one attached hydrogen (secondary N) is 1. The molecule has 0 unspecified atom stereocenters. The zero-order valence-electron chi connectivity index (χ0n) is 65.0. The van der Waals surface area contributed by atoms with Crippen LogP contribution in [-0.2, 0) is 67.0 Å². The summed E-state index contributed by atoms with van der Waals surface area (Å²) in [6, 6.07) is 141. The number of hydrogen-bond donors (Lipinski definition) is 1. The number of hydrogen-bond acceptors (Lipinski definition) is 9. The van der Waals surface area contributed by atoms with Crippen molar-refractivity contribution in [3.63, 3.8) is 0 Å². The van der Waals surface area contributed by atoms with Crippen LogP contribution in [0.2, 0.25) is 0 Å². The number of amides is 1. The average Bonchev–Trinajstić information content (AvgIpc) is 0.741. The molecule has 580 valence electrons. The normalized spacial score (nSPS) is 11.4. The highest BCUT2D eigenvalue weighted by atomic mass is 32.2. The Balaban J connectivity index is 0.779. The first kappa shape index (κ1) is 77.5. The monoisotopic (exact) mass is 1560 g/mol. The van der Waals surface area contributed by atoms with Crippen molar-refractivity contribution in [1.82, 2.24) is 0 Å². The van der Waals surface area contributed by atoms with E-state index in [1.807, 2.05) is 291 Å². The molecule has 0 aliphatic rings. The van der Waals surface area contributed by atoms with Gasteiger partial charge in [0.25, 0.3) is 15.9 Å². The Kier molecular flexibility index (Phi) is 24.1. The molecule has 118 heavy (non-hydrogen) atoms. The van der Waals surface area contributed by atoms with E-state index in [-0.39, 0.29) is 30.2 Å². The van der Waals surface area contributed by atoms with Crippen LogP contribution < -0.4 is 38.0 Å². The number of carbonyl (C=O) groups is 1. The van der Waals surface area contributed by atoms with Gasteiger partial charge in [0, 0.05) is 29.4 Å². The molecule has 0 aliphatic carbocycles. The van der Waals surface area contributed by atoms with Gasteiger partial charge in [-0.25, -0.2) is 8.42 Å². The van der Waals surface area contributed by atoms with Crippen molar-refractivity contribution in [2.24, 2.45) is 0 Å². The van der Waals surface area contributed by atoms with Crippen LogP contribution in [0, 0.1) is 0 Å². The summed E-state index contributed by atoms with van der Waals surface area (Å²) in [7, 11) is -4.63. The van der Waals surface area contributed by atoms with Gasteiger partial charge in [-0.1, -0.05) is 334 Å². The molecular formula is C106H86N2O9S. The molecule has 0 atom stereocenters. The summed E-state index contributed by atoms with van der Waals surface area (Å²) in [6.07, 6.45) is 0. The number of nitrogens with zero attached hydrogens (tertiary/aromatic N) is 1. The number of sulfonamides is 1. The minimum Gasteiger partial charge on any atom is -0.489 e. The molecular weight excluding hydrogens is 1480 g/mol. The van der Waals surface area contributed by atoms with Crippen LogP contribution in [0.1, 0.15) is 93.8 Å². The molecule has 0 saturated heterocycles. The molecule has 16 rings (SSSR count). The van der Waals surface area contributed by atoms with Crippen molar-refractivity contribution in [2.75, 3.05) is 9.62 Å². The highest BCUT2D eigenvalue weighted by molar-refractivity contribution is 7.92. The number of ether oxygens (including phenoxy) is 6. The molecule has 1 amide bonds. The number of carbonyl (C=O) groups excluding carboxylic acids is 1. The Morgan fingerprint density at radius 1 is 0.254 bits per heavy atom. The van der Waals surface area contributed by atoms with E-state index < -0.39 is 26.8 Å². The zero-order valence-corrected chi connectivity index (χ0v) is 65.8. The summed E-state index contributed by atoms with van der Waals surface area (Å²) in [5.74, 6) is 2.58. The molecule has 0 spiro atoms. The van der Waals surface area contributed by atoms with E-state index in [0.29, 0.717) is 77.9 Å². The summed E-state index contributed by atoms with van der Waals surface area (Å²) < 4.78 is 74.1. The Hall–Kier alpha value is -14.5. The van der Waals surface area contributed by atoms with Crippen molar-refractivity contribution in [1.29, 1.82) is 0 Å². The lowest BCUT2D eigenvalue weighted by molar-refractivity contribution is 0.102. The van der Waals surface area contributed by atoms with E-state index >= 15 is 8.42 Å². The second-order valence-corrected chi connectivity index (χ2v) is 30.8. The van der Waals surface area contributed by atoms with Gasteiger partial charge < -0.3 is 33.7 Å². The largest absolute Gasteiger partial charge is 0.489 e. The molecule has 0 saturated carbocycles. The van der Waals surface area contributed by atoms with Crippen LogP contribution in [-0.4, -0.2) is 14.3 Å². The highest BCUT2D eigenvalue weighted by Crippen LogP contribution is 2.48. The van der Waals surface area contributed by atoms with E-state index in [9.17, 15) is 4.79 Å². The molecule has 16 aromatic rings. The van der Waals surface area contributed by atoms with Gasteiger partial charge in [0.2, 0.25) is 0 Å². The molecule has 0 aromatic heterocycles. The summed E-state index contributed by atoms with van der Waals surface area (Å²) >= 11 is 0. The molecule has 12 heteroatoms. The SMILES string of the molecule is O=C(Nc1ccc(C(c2ccccc2)(c2ccccc2)c2ccccc2)cc1)c1cccc(S(=O)(=O)N(Cc2cc(OCc3cc(OCc4ccccc4)cc(OCc4ccccc4)c3)cc(OCc3cc(OCc4ccccc4)cc(OCc4ccccc4)c3)c2)c2ccc(C(c3ccccc3)(c3ccccc3)c3ccccc3)cc2)c1. The quantitative estimate of drug-likeness (QED) is 0.0401. The highest BCUT2D eigenvalue weighted by Gasteiger charge is 2.40. The first-order valence-corrected chi connectivity index (χ1v) is 40.9. The molecule has 11 nitrogen and oxygen atoms in total. The van der Waals surface area contributed by atoms with Gasteiger partial charge in [-0.2, -0.15) is 0 Å². The van der Waals surface area contributed by atoms with Crippen molar-refractivity contribution in [2.45, 2.75) is 61.9 Å². The predicted molar refractivity (Wildman–Crippen MR) is 468 cm³/mol. The topological polar surface area (TPSA) is 122 Å². The lowest BCUT2D eigenvalue weighted by Gasteiger charge is -2.37. The number of rotatable bonds is 33. The van der Waals surface area contributed by atoms with Crippen LogP contribution in [0.3, 0.4) is 0 Å². The van der Waals surface area contributed by atoms with Crippen LogP contribution in [0.25, 0.3) is 0 Å². The lowest BCUT2D eigenvalue weighted by Crippen LogP contribution is -2.32. The lowest BCUT2D eigenvalue weighted by atomic mass is 9.65. The minimum atomic E-state index is -4.63. The predicted octanol–water partition coefficient (Wildman–Crippen LogP) is 23.6. The van der Waals surface area contributed by atoms with Crippen LogP contribution in [0.5, 0.6) is 34.5 Å². The summed E-state index contributed by atoms with van der Waals surface area (Å²) in [6.45, 7) is 1.12. The van der Waals surface area contributed by atoms with Gasteiger partial charge in [-0.05, 0) is 162 Å². The molecule has 0 radical (unpaired) electrons. The molecule has 0 aliphatic heterocycles. The van der Waals surface area contributed by atoms with Crippen molar-refractivity contribution < 1.29 is 41.6 Å². The van der Waals surface area contributed by atoms with Crippen LogP contribution in [0.4, 0.5) is 11.4 Å². The fourth-order valence-electron chi connectivity index (χ4n) is 15.4. The van der Waals surface area contributed by atoms with Gasteiger partial charge >= 0.3 is 0 Å². The Morgan fingerprint density at radius 3 is 0.805 bits per heavy atom. The third-order valence-electron chi connectivity index (χ3n) is 21.0. The Morgan fingerprint density at radius 2 is 0.508 bits per heavy atom. The smallest absolute Gasteiger partial charge is 0.264 e. The first-order chi connectivity index (χ1) is 58.1. The van der Waals surface area contributed by atoms with Crippen molar-refractivity contribution in [3.8, 4) is 34.5 Å². The molecule has 0 bridgehead atoms. The van der Waals surface area contributed by atoms with Crippen molar-refractivity contribution in [3.05, 3.63) is 520 Å². The molecule has 1 N–H and O–H groups in total. The number of anilines is 2. The molecule has 0 fully saturated rings. The molecule has 0 heterocycles. The Bertz CT molecular complexity index is 5590. The standard InChI is InChI=1S/C106H86N2O9S/c109-104(107-95-58-54-93(55-59-95)105(87-41-19-5-20-42-87,88-43-21-6-22-44-88)89-45-23-7-24-46-89)86-40-31-53-103(68-86)118(110,111)108(96-60-56-94(57-61-96)106(90-47-25-8-26-48-90,91-49-27-9-28-50-91)92-51-29-10-30-52-92)72-83-62-97(116-77-84-64-99(112-73-79-32-11-1-12-33-79)70-100(65-84)113-74-80-34-13-2-14-35-80)69-98(63-83)117-78-85-66-101(114-75-81-36-15-3-16-37-81)71-102(67-85)115-76-82-38-17-4-18-39-82/h1-71H,72-78H2,(H,107,109). The van der Waals surface area contributed by atoms with Gasteiger partial charge in [-0.3, -0.25) is 9.10 Å². The third kappa shape index (κ3) is 18.2. The maximum atomic E-state index is 16.5. The van der Waals surface area contributed by atoms with Gasteiger partial charge in [0.15, 0.2) is 0 Å². The Labute approximate surface area is 690 Å². The fraction of sp³-hybridized carbons (Fsp3) is 0.0849. The maximum absolute atomic E-state index is 16.5. The summed E-state index contributed by atoms with van der Waals surface area (Å²) in [5.41, 5.74) is 13.6. The third-order valence-corrected chi connectivity index (χ3v) is 22.8. The summed E-state index contributed by atoms with van der Waals surface area (Å²) in [4.78, 5) is 14.8. The van der Waals surface area contributed by atoms with Gasteiger partial charge in [-0.15, -0.1) is 0 Å². The van der Waals surface area contributed by atoms with E-state index in [0.717, 1.165) is 77.9 Å². The fourth-order valence-corrected chi connectivity index (χ4v) is 16.9. The zero-order chi connectivity index (χ0) is 80.2.